The maximum Gasteiger partial charge on any atom is 0.121 e. The minimum Gasteiger partial charge on any atom is -0.494 e. The maximum atomic E-state index is 6.04. The Morgan fingerprint density at radius 2 is 1.38 bits per heavy atom. The van der Waals surface area contributed by atoms with Crippen molar-refractivity contribution in [1.82, 2.24) is 4.57 Å². The molecule has 0 bridgehead atoms. The Labute approximate surface area is 176 Å². The molecular weight excluding hydrogens is 354 g/mol. The van der Waals surface area contributed by atoms with Gasteiger partial charge in [0.15, 0.2) is 0 Å². The fraction of sp³-hybridized carbons (Fsp3) is 0.481. The van der Waals surface area contributed by atoms with Crippen molar-refractivity contribution in [2.75, 3.05) is 6.61 Å². The van der Waals surface area contributed by atoms with Gasteiger partial charge >= 0.3 is 0 Å². The molecule has 2 aromatic carbocycles. The van der Waals surface area contributed by atoms with Gasteiger partial charge in [0, 0.05) is 24.2 Å². The fourth-order valence-corrected chi connectivity index (χ4v) is 4.07. The number of hydrogen-bond donors (Lipinski definition) is 0. The summed E-state index contributed by atoms with van der Waals surface area (Å²) in [5.74, 6) is 0.981. The Balaban J connectivity index is 1.40. The lowest BCUT2D eigenvalue weighted by Gasteiger charge is -2.08. The maximum absolute atomic E-state index is 6.04. The largest absolute Gasteiger partial charge is 0.494 e. The summed E-state index contributed by atoms with van der Waals surface area (Å²) in [5, 5.41) is 1.26. The molecule has 2 heteroatoms. The zero-order valence-electron chi connectivity index (χ0n) is 18.3. The molecule has 1 heterocycles. The van der Waals surface area contributed by atoms with Crippen LogP contribution in [0.3, 0.4) is 0 Å². The highest BCUT2D eigenvalue weighted by Gasteiger charge is 2.08. The molecule has 0 saturated carbocycles. The van der Waals surface area contributed by atoms with Crippen LogP contribution in [0, 0.1) is 0 Å². The molecule has 3 rings (SSSR count). The van der Waals surface area contributed by atoms with E-state index in [1.807, 2.05) is 0 Å². The first-order chi connectivity index (χ1) is 14.3. The van der Waals surface area contributed by atoms with E-state index >= 15 is 0 Å². The lowest BCUT2D eigenvalue weighted by molar-refractivity contribution is 0.304. The standard InChI is InChI=1S/C27H37NO/c1-3-4-5-6-7-8-9-10-11-15-20-29-25-19-18-24-21-26(28(2)27(24)22-25)23-16-13-12-14-17-23/h12-14,16-19,21-22H,3-11,15,20H2,1-2H3. The van der Waals surface area contributed by atoms with E-state index in [4.69, 9.17) is 4.74 Å². The Bertz CT molecular complexity index is 850. The van der Waals surface area contributed by atoms with Crippen molar-refractivity contribution in [3.05, 3.63) is 54.6 Å². The molecule has 2 nitrogen and oxygen atoms in total. The number of unbranched alkanes of at least 4 members (excludes halogenated alkanes) is 9. The molecule has 0 radical (unpaired) electrons. The summed E-state index contributed by atoms with van der Waals surface area (Å²) in [6.45, 7) is 3.10. The van der Waals surface area contributed by atoms with Crippen LogP contribution in [0.15, 0.2) is 54.6 Å². The molecule has 0 saturated heterocycles. The van der Waals surface area contributed by atoms with Crippen molar-refractivity contribution < 1.29 is 4.74 Å². The van der Waals surface area contributed by atoms with Crippen LogP contribution in [0.1, 0.15) is 71.1 Å². The van der Waals surface area contributed by atoms with Crippen LogP contribution in [-0.4, -0.2) is 11.2 Å². The quantitative estimate of drug-likeness (QED) is 0.268. The first-order valence-corrected chi connectivity index (χ1v) is 11.6. The molecule has 0 aliphatic heterocycles. The van der Waals surface area contributed by atoms with Gasteiger partial charge in [-0.2, -0.15) is 0 Å². The van der Waals surface area contributed by atoms with Crippen molar-refractivity contribution in [3.63, 3.8) is 0 Å². The minimum absolute atomic E-state index is 0.817. The molecule has 3 aromatic rings. The third-order valence-corrected chi connectivity index (χ3v) is 5.85. The van der Waals surface area contributed by atoms with Crippen molar-refractivity contribution >= 4 is 10.9 Å². The number of hydrogen-bond acceptors (Lipinski definition) is 1. The molecule has 0 aliphatic rings. The average Bonchev–Trinajstić information content (AvgIpc) is 3.09. The number of rotatable bonds is 13. The zero-order chi connectivity index (χ0) is 20.3. The minimum atomic E-state index is 0.817. The van der Waals surface area contributed by atoms with E-state index in [-0.39, 0.29) is 0 Å². The second-order valence-corrected chi connectivity index (χ2v) is 8.21. The number of aryl methyl sites for hydroxylation is 1. The summed E-state index contributed by atoms with van der Waals surface area (Å²) < 4.78 is 8.30. The van der Waals surface area contributed by atoms with Gasteiger partial charge in [-0.25, -0.2) is 0 Å². The van der Waals surface area contributed by atoms with Crippen LogP contribution in [-0.2, 0) is 7.05 Å². The molecule has 1 aromatic heterocycles. The number of nitrogens with zero attached hydrogens (tertiary/aromatic N) is 1. The van der Waals surface area contributed by atoms with E-state index in [2.05, 4.69) is 73.1 Å². The Hall–Kier alpha value is -2.22. The first-order valence-electron chi connectivity index (χ1n) is 11.6. The molecule has 156 valence electrons. The normalized spacial score (nSPS) is 11.2. The van der Waals surface area contributed by atoms with Crippen LogP contribution in [0.2, 0.25) is 0 Å². The Morgan fingerprint density at radius 3 is 2.07 bits per heavy atom. The number of aromatic nitrogens is 1. The highest BCUT2D eigenvalue weighted by molar-refractivity contribution is 5.88. The molecule has 0 fully saturated rings. The monoisotopic (exact) mass is 391 g/mol. The van der Waals surface area contributed by atoms with Crippen molar-refractivity contribution in [2.24, 2.45) is 7.05 Å². The summed E-state index contributed by atoms with van der Waals surface area (Å²) in [6.07, 6.45) is 13.5. The summed E-state index contributed by atoms with van der Waals surface area (Å²) >= 11 is 0. The molecule has 0 unspecified atom stereocenters. The molecular formula is C27H37NO. The zero-order valence-corrected chi connectivity index (χ0v) is 18.3. The van der Waals surface area contributed by atoms with E-state index < -0.39 is 0 Å². The Morgan fingerprint density at radius 1 is 0.724 bits per heavy atom. The lowest BCUT2D eigenvalue weighted by atomic mass is 10.1. The van der Waals surface area contributed by atoms with Gasteiger partial charge in [-0.05, 0) is 30.2 Å². The lowest BCUT2D eigenvalue weighted by Crippen LogP contribution is -1.98. The van der Waals surface area contributed by atoms with Gasteiger partial charge in [-0.15, -0.1) is 0 Å². The van der Waals surface area contributed by atoms with Crippen molar-refractivity contribution in [2.45, 2.75) is 71.1 Å². The third kappa shape index (κ3) is 6.39. The average molecular weight is 392 g/mol. The van der Waals surface area contributed by atoms with Crippen LogP contribution in [0.5, 0.6) is 5.75 Å². The second-order valence-electron chi connectivity index (χ2n) is 8.21. The number of ether oxygens (including phenoxy) is 1. The van der Waals surface area contributed by atoms with E-state index in [0.717, 1.165) is 18.8 Å². The van der Waals surface area contributed by atoms with Crippen LogP contribution in [0.25, 0.3) is 22.2 Å². The van der Waals surface area contributed by atoms with Crippen molar-refractivity contribution in [1.29, 1.82) is 0 Å². The van der Waals surface area contributed by atoms with E-state index in [9.17, 15) is 0 Å². The SMILES string of the molecule is CCCCCCCCCCCCOc1ccc2cc(-c3ccccc3)n(C)c2c1. The van der Waals surface area contributed by atoms with E-state index in [1.54, 1.807) is 0 Å². The molecule has 0 spiro atoms. The second kappa shape index (κ2) is 11.7. The van der Waals surface area contributed by atoms with Crippen LogP contribution >= 0.6 is 0 Å². The number of benzene rings is 2. The molecule has 0 amide bonds. The predicted molar refractivity (Wildman–Crippen MR) is 126 cm³/mol. The fourth-order valence-electron chi connectivity index (χ4n) is 4.07. The van der Waals surface area contributed by atoms with Gasteiger partial charge in [0.2, 0.25) is 0 Å². The number of fused-ring (bicyclic) bond motifs is 1. The van der Waals surface area contributed by atoms with Gasteiger partial charge < -0.3 is 9.30 Å². The van der Waals surface area contributed by atoms with Gasteiger partial charge in [-0.1, -0.05) is 95.0 Å². The predicted octanol–water partition coefficient (Wildman–Crippen LogP) is 8.15. The van der Waals surface area contributed by atoms with Gasteiger partial charge in [0.05, 0.1) is 12.1 Å². The summed E-state index contributed by atoms with van der Waals surface area (Å²) in [7, 11) is 2.14. The van der Waals surface area contributed by atoms with Gasteiger partial charge in [0.1, 0.15) is 5.75 Å². The summed E-state index contributed by atoms with van der Waals surface area (Å²) in [4.78, 5) is 0. The smallest absolute Gasteiger partial charge is 0.121 e. The Kier molecular flexibility index (Phi) is 8.67. The van der Waals surface area contributed by atoms with Crippen LogP contribution < -0.4 is 4.74 Å². The summed E-state index contributed by atoms with van der Waals surface area (Å²) in [6, 6.07) is 19.3. The molecule has 0 atom stereocenters. The van der Waals surface area contributed by atoms with E-state index in [1.165, 1.54) is 79.9 Å². The summed E-state index contributed by atoms with van der Waals surface area (Å²) in [5.41, 5.74) is 3.72. The molecule has 0 N–H and O–H groups in total. The highest BCUT2D eigenvalue weighted by Crippen LogP contribution is 2.29. The molecule has 0 aliphatic carbocycles. The first kappa shape index (κ1) is 21.5. The van der Waals surface area contributed by atoms with Crippen LogP contribution in [0.4, 0.5) is 0 Å². The highest BCUT2D eigenvalue weighted by atomic mass is 16.5. The third-order valence-electron chi connectivity index (χ3n) is 5.85. The van der Waals surface area contributed by atoms with Crippen molar-refractivity contribution in [3.8, 4) is 17.0 Å². The van der Waals surface area contributed by atoms with Gasteiger partial charge in [0.25, 0.3) is 0 Å². The topological polar surface area (TPSA) is 14.2 Å². The van der Waals surface area contributed by atoms with Gasteiger partial charge in [-0.3, -0.25) is 0 Å². The molecule has 29 heavy (non-hydrogen) atoms. The van der Waals surface area contributed by atoms with E-state index in [0.29, 0.717) is 0 Å².